The number of nitrogen functional groups attached to an aromatic ring is 1. The molecule has 2 rings (SSSR count). The first-order valence-electron chi connectivity index (χ1n) is 5.66. The number of aromatic nitrogens is 2. The predicted octanol–water partition coefficient (Wildman–Crippen LogP) is 1.30. The molecule has 1 aromatic rings. The van der Waals surface area contributed by atoms with Crippen molar-refractivity contribution in [3.63, 3.8) is 0 Å². The molecule has 0 unspecified atom stereocenters. The number of nitrogens with two attached hydrogens (primary N) is 1. The van der Waals surface area contributed by atoms with Crippen LogP contribution in [0.2, 0.25) is 0 Å². The predicted molar refractivity (Wildman–Crippen MR) is 63.6 cm³/mol. The van der Waals surface area contributed by atoms with Crippen molar-refractivity contribution in [2.45, 2.75) is 19.8 Å². The normalized spacial score (nSPS) is 14.9. The van der Waals surface area contributed by atoms with Crippen molar-refractivity contribution in [3.05, 3.63) is 6.33 Å². The van der Waals surface area contributed by atoms with Crippen LogP contribution in [0.15, 0.2) is 6.33 Å². The Kier molecular flexibility index (Phi) is 3.12. The summed E-state index contributed by atoms with van der Waals surface area (Å²) in [7, 11) is 2.01. The molecule has 0 radical (unpaired) electrons. The molecule has 88 valence electrons. The zero-order valence-electron chi connectivity index (χ0n) is 9.81. The molecule has 5 nitrogen and oxygen atoms in total. The molecule has 16 heavy (non-hydrogen) atoms. The zero-order valence-corrected chi connectivity index (χ0v) is 9.81. The van der Waals surface area contributed by atoms with Crippen LogP contribution in [0, 0.1) is 5.92 Å². The topological polar surface area (TPSA) is 64.3 Å². The summed E-state index contributed by atoms with van der Waals surface area (Å²) in [5.74, 6) is 2.05. The number of nitrogens with zero attached hydrogens (tertiary/aromatic N) is 3. The summed E-state index contributed by atoms with van der Waals surface area (Å²) in [5, 5.41) is 0. The van der Waals surface area contributed by atoms with Gasteiger partial charge in [-0.05, 0) is 25.7 Å². The summed E-state index contributed by atoms with van der Waals surface area (Å²) in [6.45, 7) is 3.48. The van der Waals surface area contributed by atoms with Gasteiger partial charge in [-0.3, -0.25) is 0 Å². The number of anilines is 2. The lowest BCUT2D eigenvalue weighted by Crippen LogP contribution is -2.22. The van der Waals surface area contributed by atoms with E-state index in [0.29, 0.717) is 18.2 Å². The second-order valence-electron chi connectivity index (χ2n) is 4.17. The van der Waals surface area contributed by atoms with E-state index in [2.05, 4.69) is 14.9 Å². The molecule has 1 aliphatic rings. The van der Waals surface area contributed by atoms with Crippen molar-refractivity contribution >= 4 is 11.5 Å². The maximum atomic E-state index is 5.97. The second-order valence-corrected chi connectivity index (χ2v) is 4.17. The van der Waals surface area contributed by atoms with Crippen molar-refractivity contribution in [1.29, 1.82) is 0 Å². The summed E-state index contributed by atoms with van der Waals surface area (Å²) < 4.78 is 5.35. The summed E-state index contributed by atoms with van der Waals surface area (Å²) >= 11 is 0. The van der Waals surface area contributed by atoms with Crippen molar-refractivity contribution in [2.24, 2.45) is 5.92 Å². The van der Waals surface area contributed by atoms with Crippen molar-refractivity contribution in [3.8, 4) is 5.88 Å². The molecule has 0 spiro atoms. The fourth-order valence-corrected chi connectivity index (χ4v) is 1.70. The van der Waals surface area contributed by atoms with Gasteiger partial charge in [-0.1, -0.05) is 0 Å². The Morgan fingerprint density at radius 3 is 2.88 bits per heavy atom. The molecular formula is C11H18N4O. The first-order chi connectivity index (χ1) is 7.72. The first-order valence-corrected chi connectivity index (χ1v) is 5.66. The van der Waals surface area contributed by atoms with Gasteiger partial charge in [0.2, 0.25) is 5.88 Å². The average Bonchev–Trinajstić information content (AvgIpc) is 3.05. The summed E-state index contributed by atoms with van der Waals surface area (Å²) in [6.07, 6.45) is 4.13. The van der Waals surface area contributed by atoms with E-state index < -0.39 is 0 Å². The van der Waals surface area contributed by atoms with E-state index in [0.717, 1.165) is 18.3 Å². The molecule has 1 aliphatic carbocycles. The molecule has 2 N–H and O–H groups in total. The maximum absolute atomic E-state index is 5.97. The molecule has 0 saturated heterocycles. The fraction of sp³-hybridized carbons (Fsp3) is 0.636. The van der Waals surface area contributed by atoms with E-state index in [9.17, 15) is 0 Å². The molecule has 1 aromatic heterocycles. The molecule has 0 atom stereocenters. The fourth-order valence-electron chi connectivity index (χ4n) is 1.70. The van der Waals surface area contributed by atoms with Gasteiger partial charge in [-0.25, -0.2) is 4.98 Å². The van der Waals surface area contributed by atoms with Gasteiger partial charge in [0, 0.05) is 13.6 Å². The van der Waals surface area contributed by atoms with E-state index in [1.807, 2.05) is 14.0 Å². The molecule has 0 aromatic carbocycles. The molecule has 0 aliphatic heterocycles. The lowest BCUT2D eigenvalue weighted by Gasteiger charge is -2.20. The van der Waals surface area contributed by atoms with Gasteiger partial charge in [-0.15, -0.1) is 0 Å². The Labute approximate surface area is 95.6 Å². The largest absolute Gasteiger partial charge is 0.476 e. The van der Waals surface area contributed by atoms with Crippen LogP contribution in [0.1, 0.15) is 19.8 Å². The Morgan fingerprint density at radius 1 is 1.50 bits per heavy atom. The summed E-state index contributed by atoms with van der Waals surface area (Å²) in [4.78, 5) is 10.3. The monoisotopic (exact) mass is 222 g/mol. The molecular weight excluding hydrogens is 204 g/mol. The highest BCUT2D eigenvalue weighted by molar-refractivity contribution is 5.67. The van der Waals surface area contributed by atoms with Crippen LogP contribution < -0.4 is 15.4 Å². The second kappa shape index (κ2) is 4.55. The lowest BCUT2D eigenvalue weighted by molar-refractivity contribution is 0.328. The van der Waals surface area contributed by atoms with E-state index in [-0.39, 0.29) is 0 Å². The number of rotatable bonds is 5. The van der Waals surface area contributed by atoms with Crippen LogP contribution in [-0.4, -0.2) is 30.2 Å². The summed E-state index contributed by atoms with van der Waals surface area (Å²) in [5.41, 5.74) is 6.51. The van der Waals surface area contributed by atoms with Gasteiger partial charge < -0.3 is 15.4 Å². The van der Waals surface area contributed by atoms with Gasteiger partial charge in [0.05, 0.1) is 6.61 Å². The lowest BCUT2D eigenvalue weighted by atomic mass is 10.3. The molecule has 0 bridgehead atoms. The minimum Gasteiger partial charge on any atom is -0.476 e. The van der Waals surface area contributed by atoms with E-state index in [1.165, 1.54) is 19.2 Å². The molecule has 1 heterocycles. The first kappa shape index (κ1) is 11.0. The van der Waals surface area contributed by atoms with Crippen LogP contribution in [0.3, 0.4) is 0 Å². The summed E-state index contributed by atoms with van der Waals surface area (Å²) in [6, 6.07) is 0. The van der Waals surface area contributed by atoms with Gasteiger partial charge in [0.1, 0.15) is 12.0 Å². The number of hydrogen-bond donors (Lipinski definition) is 1. The number of hydrogen-bond acceptors (Lipinski definition) is 5. The Bertz CT molecular complexity index is 365. The van der Waals surface area contributed by atoms with E-state index in [4.69, 9.17) is 10.5 Å². The zero-order chi connectivity index (χ0) is 11.5. The van der Waals surface area contributed by atoms with E-state index in [1.54, 1.807) is 0 Å². The Morgan fingerprint density at radius 2 is 2.25 bits per heavy atom. The van der Waals surface area contributed by atoms with Gasteiger partial charge in [0.15, 0.2) is 5.82 Å². The third-order valence-corrected chi connectivity index (χ3v) is 2.70. The maximum Gasteiger partial charge on any atom is 0.242 e. The highest BCUT2D eigenvalue weighted by Gasteiger charge is 2.24. The molecule has 1 saturated carbocycles. The van der Waals surface area contributed by atoms with Gasteiger partial charge in [0.25, 0.3) is 0 Å². The van der Waals surface area contributed by atoms with Gasteiger partial charge >= 0.3 is 0 Å². The highest BCUT2D eigenvalue weighted by atomic mass is 16.5. The Balaban J connectivity index is 2.14. The average molecular weight is 222 g/mol. The highest BCUT2D eigenvalue weighted by Crippen LogP contribution is 2.33. The smallest absolute Gasteiger partial charge is 0.242 e. The number of ether oxygens (including phenoxy) is 1. The van der Waals surface area contributed by atoms with Crippen molar-refractivity contribution in [2.75, 3.05) is 30.8 Å². The third kappa shape index (κ3) is 2.35. The third-order valence-electron chi connectivity index (χ3n) is 2.70. The van der Waals surface area contributed by atoms with Crippen molar-refractivity contribution in [1.82, 2.24) is 9.97 Å². The SMILES string of the molecule is CCOc1ncnc(N(C)CC2CC2)c1N. The minimum absolute atomic E-state index is 0.482. The molecule has 1 fully saturated rings. The van der Waals surface area contributed by atoms with Crippen LogP contribution in [-0.2, 0) is 0 Å². The van der Waals surface area contributed by atoms with E-state index >= 15 is 0 Å². The minimum atomic E-state index is 0.482. The van der Waals surface area contributed by atoms with Crippen LogP contribution in [0.4, 0.5) is 11.5 Å². The molecule has 0 amide bonds. The molecule has 5 heteroatoms. The van der Waals surface area contributed by atoms with Crippen molar-refractivity contribution < 1.29 is 4.74 Å². The van der Waals surface area contributed by atoms with Crippen LogP contribution in [0.25, 0.3) is 0 Å². The quantitative estimate of drug-likeness (QED) is 0.813. The Hall–Kier alpha value is -1.52. The van der Waals surface area contributed by atoms with Crippen LogP contribution >= 0.6 is 0 Å². The standard InChI is InChI=1S/C11H18N4O/c1-3-16-11-9(12)10(13-7-14-11)15(2)6-8-4-5-8/h7-8H,3-6,12H2,1-2H3. The van der Waals surface area contributed by atoms with Gasteiger partial charge in [-0.2, -0.15) is 4.98 Å². The van der Waals surface area contributed by atoms with Crippen LogP contribution in [0.5, 0.6) is 5.88 Å².